The smallest absolute Gasteiger partial charge is 0.225 e. The number of aryl methyl sites for hydroxylation is 8. The number of imidazole rings is 4. The van der Waals surface area contributed by atoms with Gasteiger partial charge in [0.25, 0.3) is 34.2 Å². The first-order valence-electron chi connectivity index (χ1n) is 31.4. The van der Waals surface area contributed by atoms with E-state index in [1.165, 1.54) is 122 Å². The number of pyridine rings is 4. The van der Waals surface area contributed by atoms with E-state index in [0.717, 1.165) is 33.8 Å². The summed E-state index contributed by atoms with van der Waals surface area (Å²) in [5.74, 6) is 2.35. The molecule has 18 rings (SSSR count). The molecule has 0 radical (unpaired) electrons. The average molecular weight is 1200 g/mol. The maximum atomic E-state index is 4.66. The Hall–Kier alpha value is -11.6. The van der Waals surface area contributed by atoms with Crippen molar-refractivity contribution in [2.75, 3.05) is 0 Å². The van der Waals surface area contributed by atoms with Crippen LogP contribution in [0.3, 0.4) is 0 Å². The molecule has 18 aromatic rings. The molecule has 8 heterocycles. The molecular weight excluding hydrogens is 1120 g/mol. The predicted octanol–water partition coefficient (Wildman–Crippen LogP) is 16.7. The second-order valence-corrected chi connectivity index (χ2v) is 23.9. The Morgan fingerprint density at radius 2 is 0.641 bits per heavy atom. The van der Waals surface area contributed by atoms with Gasteiger partial charge in [-0.25, -0.2) is 28.2 Å². The topological polar surface area (TPSA) is 60.0 Å². The number of rotatable bonds is 4. The van der Waals surface area contributed by atoms with E-state index in [1.807, 2.05) is 30.6 Å². The van der Waals surface area contributed by atoms with Crippen LogP contribution in [0.25, 0.3) is 133 Å². The van der Waals surface area contributed by atoms with Crippen LogP contribution in [0.5, 0.6) is 0 Å². The molecule has 0 spiro atoms. The van der Waals surface area contributed by atoms with Crippen molar-refractivity contribution < 1.29 is 18.3 Å². The van der Waals surface area contributed by atoms with Crippen LogP contribution in [-0.2, 0) is 28.2 Å². The highest BCUT2D eigenvalue weighted by Crippen LogP contribution is 2.36. The molecule has 92 heavy (non-hydrogen) atoms. The Bertz CT molecular complexity index is 5510. The number of benzene rings is 10. The lowest BCUT2D eigenvalue weighted by Crippen LogP contribution is -2.30. The summed E-state index contributed by atoms with van der Waals surface area (Å²) in [5, 5.41) is 7.83. The van der Waals surface area contributed by atoms with Crippen molar-refractivity contribution in [1.29, 1.82) is 0 Å². The van der Waals surface area contributed by atoms with Gasteiger partial charge in [-0.05, 0) is 147 Å². The van der Waals surface area contributed by atoms with Gasteiger partial charge >= 0.3 is 0 Å². The first kappa shape index (κ1) is 56.9. The van der Waals surface area contributed by atoms with Gasteiger partial charge in [0.1, 0.15) is 22.4 Å². The van der Waals surface area contributed by atoms with Crippen molar-refractivity contribution in [1.82, 2.24) is 27.9 Å². The highest BCUT2D eigenvalue weighted by atomic mass is 15.2. The Labute approximate surface area is 533 Å². The summed E-state index contributed by atoms with van der Waals surface area (Å²) in [4.78, 5) is 9.30. The SMILES string of the molecule is Cc1cccc2c3ccccc3n3c4ccccc4[n+](C)c3c12.Cc1cccc2c3ccccc3n3c4ncccc4[n+](C)c3c12.Cc1ccccc1-c1n(-c2ccccc2)c2ccccc2[n+]1C.Cc1ccccc1-c1n(-c2ccccc2)c2ncccc2[n+]1C. The number of aromatic nitrogens is 10. The van der Waals surface area contributed by atoms with Gasteiger partial charge in [0, 0.05) is 33.9 Å². The van der Waals surface area contributed by atoms with Gasteiger partial charge in [-0.3, -0.25) is 0 Å². The van der Waals surface area contributed by atoms with E-state index in [4.69, 9.17) is 0 Å². The first-order valence-corrected chi connectivity index (χ1v) is 31.4. The fraction of sp³-hybridized carbons (Fsp3) is 0.0976. The van der Waals surface area contributed by atoms with E-state index >= 15 is 0 Å². The lowest BCUT2D eigenvalue weighted by Gasteiger charge is -2.06. The van der Waals surface area contributed by atoms with Crippen LogP contribution >= 0.6 is 0 Å². The third-order valence-corrected chi connectivity index (χ3v) is 18.4. The summed E-state index contributed by atoms with van der Waals surface area (Å²) in [6, 6.07) is 93.8. The van der Waals surface area contributed by atoms with E-state index in [1.54, 1.807) is 0 Å². The van der Waals surface area contributed by atoms with Gasteiger partial charge in [0.15, 0.2) is 33.1 Å². The summed E-state index contributed by atoms with van der Waals surface area (Å²) in [7, 11) is 8.53. The second-order valence-electron chi connectivity index (χ2n) is 23.9. The van der Waals surface area contributed by atoms with Crippen LogP contribution < -0.4 is 18.3 Å². The minimum Gasteiger partial charge on any atom is -0.225 e. The van der Waals surface area contributed by atoms with Crippen molar-refractivity contribution in [3.8, 4) is 34.2 Å². The third-order valence-electron chi connectivity index (χ3n) is 18.4. The van der Waals surface area contributed by atoms with Crippen LogP contribution in [0, 0.1) is 27.7 Å². The largest absolute Gasteiger partial charge is 0.297 e. The fourth-order valence-electron chi connectivity index (χ4n) is 14.1. The summed E-state index contributed by atoms with van der Waals surface area (Å²) >= 11 is 0. The molecule has 0 unspecified atom stereocenters. The monoisotopic (exact) mass is 1190 g/mol. The number of hydrogen-bond acceptors (Lipinski definition) is 2. The van der Waals surface area contributed by atoms with E-state index in [9.17, 15) is 0 Å². The molecule has 0 saturated carbocycles. The van der Waals surface area contributed by atoms with Crippen LogP contribution in [0.4, 0.5) is 0 Å². The van der Waals surface area contributed by atoms with E-state index in [0.29, 0.717) is 0 Å². The summed E-state index contributed by atoms with van der Waals surface area (Å²) in [6.45, 7) is 8.70. The molecule has 10 aromatic carbocycles. The van der Waals surface area contributed by atoms with Crippen LogP contribution in [0.1, 0.15) is 22.3 Å². The molecule has 0 aliphatic carbocycles. The van der Waals surface area contributed by atoms with E-state index < -0.39 is 0 Å². The summed E-state index contributed by atoms with van der Waals surface area (Å²) < 4.78 is 18.3. The Morgan fingerprint density at radius 1 is 0.272 bits per heavy atom. The van der Waals surface area contributed by atoms with Crippen molar-refractivity contribution in [2.24, 2.45) is 28.2 Å². The van der Waals surface area contributed by atoms with Crippen LogP contribution in [0.2, 0.25) is 0 Å². The van der Waals surface area contributed by atoms with E-state index in [2.05, 4.69) is 351 Å². The molecule has 10 nitrogen and oxygen atoms in total. The molecule has 0 aliphatic heterocycles. The zero-order chi connectivity index (χ0) is 62.7. The van der Waals surface area contributed by atoms with Gasteiger partial charge < -0.3 is 0 Å². The molecule has 0 N–H and O–H groups in total. The maximum absolute atomic E-state index is 4.66. The number of hydrogen-bond donors (Lipinski definition) is 0. The minimum absolute atomic E-state index is 0.972. The highest BCUT2D eigenvalue weighted by Gasteiger charge is 2.30. The van der Waals surface area contributed by atoms with E-state index in [-0.39, 0.29) is 0 Å². The quantitative estimate of drug-likeness (QED) is 0.130. The third kappa shape index (κ3) is 9.32. The molecule has 0 aliphatic rings. The molecule has 0 amide bonds. The van der Waals surface area contributed by atoms with Gasteiger partial charge in [-0.1, -0.05) is 170 Å². The van der Waals surface area contributed by atoms with Crippen molar-refractivity contribution in [2.45, 2.75) is 27.7 Å². The van der Waals surface area contributed by atoms with Gasteiger partial charge in [-0.15, -0.1) is 0 Å². The molecule has 8 aromatic heterocycles. The molecule has 0 fully saturated rings. The number of fused-ring (bicyclic) bond motifs is 18. The Morgan fingerprint density at radius 3 is 1.21 bits per heavy atom. The molecule has 0 bridgehead atoms. The van der Waals surface area contributed by atoms with Gasteiger partial charge in [0.2, 0.25) is 0 Å². The number of nitrogens with zero attached hydrogens (tertiary/aromatic N) is 10. The first-order chi connectivity index (χ1) is 45.1. The van der Waals surface area contributed by atoms with Crippen molar-refractivity contribution in [3.63, 3.8) is 0 Å². The average Bonchev–Trinajstić information content (AvgIpc) is 1.52. The highest BCUT2D eigenvalue weighted by molar-refractivity contribution is 6.15. The summed E-state index contributed by atoms with van der Waals surface area (Å²) in [5.41, 5.74) is 24.1. The minimum atomic E-state index is 0.972. The van der Waals surface area contributed by atoms with Crippen LogP contribution in [-0.4, -0.2) is 27.9 Å². The van der Waals surface area contributed by atoms with Crippen molar-refractivity contribution in [3.05, 3.63) is 302 Å². The maximum Gasteiger partial charge on any atom is 0.297 e. The Kier molecular flexibility index (Phi) is 14.5. The normalized spacial score (nSPS) is 11.5. The van der Waals surface area contributed by atoms with Gasteiger partial charge in [0.05, 0.1) is 50.1 Å². The predicted molar refractivity (Wildman–Crippen MR) is 376 cm³/mol. The lowest BCUT2D eigenvalue weighted by atomic mass is 10.0. The molecular formula is C82H70N10+4. The summed E-state index contributed by atoms with van der Waals surface area (Å²) in [6.07, 6.45) is 3.72. The van der Waals surface area contributed by atoms with Crippen LogP contribution in [0.15, 0.2) is 279 Å². The zero-order valence-electron chi connectivity index (χ0n) is 53.0. The molecule has 10 heteroatoms. The fourth-order valence-corrected chi connectivity index (χ4v) is 14.1. The van der Waals surface area contributed by atoms with Gasteiger partial charge in [-0.2, -0.15) is 17.9 Å². The molecule has 0 atom stereocenters. The lowest BCUT2D eigenvalue weighted by molar-refractivity contribution is -0.634. The standard InChI is InChI=1S/C21H17N2.C21H19N2.C20H16N3.C20H18N3/c1-14-8-7-10-16-15-9-3-4-11-17(15)23-19-13-6-5-12-18(19)22(2)21(23)20(14)16;1-16-10-6-7-13-18(16)21-22(2)19-14-8-9-15-20(19)23(21)17-11-4-3-5-12-17;1-13-7-5-9-15-14-8-3-4-10-16(14)23-19-17(11-6-12-21-19)22(2)20(23)18(13)15;1-15-9-6-7-12-17(15)20-22(2)18-13-8-14-21-19(18)23(20)16-10-4-3-5-11-16/h3-13H,1-2H3;3-15H,1-2H3;3-12H,1-2H3;3-14H,1-2H3/q4*+1. The second kappa shape index (κ2) is 23.4. The molecule has 444 valence electrons. The Balaban J connectivity index is 0.000000102. The zero-order valence-corrected chi connectivity index (χ0v) is 53.0. The van der Waals surface area contributed by atoms with Crippen molar-refractivity contribution >= 4 is 99.0 Å². The number of para-hydroxylation sites is 8. The molecule has 0 saturated heterocycles.